The van der Waals surface area contributed by atoms with Crippen molar-refractivity contribution < 1.29 is 0 Å². The van der Waals surface area contributed by atoms with Gasteiger partial charge in [-0.3, -0.25) is 4.79 Å². The van der Waals surface area contributed by atoms with Crippen LogP contribution in [-0.2, 0) is 0 Å². The number of nitrogen functional groups attached to an aromatic ring is 1. The van der Waals surface area contributed by atoms with Gasteiger partial charge in [0.15, 0.2) is 0 Å². The van der Waals surface area contributed by atoms with Crippen LogP contribution >= 0.6 is 11.6 Å². The first-order valence-corrected chi connectivity index (χ1v) is 4.79. The average Bonchev–Trinajstić information content (AvgIpc) is 2.24. The zero-order valence-corrected chi connectivity index (χ0v) is 8.58. The molecule has 3 nitrogen and oxygen atoms in total. The molecular weight excluding hydrogens is 212 g/mol. The van der Waals surface area contributed by atoms with Crippen LogP contribution in [0.15, 0.2) is 41.3 Å². The number of H-pyrrole nitrogens is 1. The molecule has 0 unspecified atom stereocenters. The Hall–Kier alpha value is -1.74. The summed E-state index contributed by atoms with van der Waals surface area (Å²) in [5.41, 5.74) is 7.22. The van der Waals surface area contributed by atoms with Crippen LogP contribution in [-0.4, -0.2) is 4.98 Å². The number of anilines is 1. The van der Waals surface area contributed by atoms with E-state index in [-0.39, 0.29) is 11.2 Å². The van der Waals surface area contributed by atoms with Crippen LogP contribution < -0.4 is 11.3 Å². The van der Waals surface area contributed by atoms with E-state index in [1.807, 2.05) is 12.1 Å². The minimum atomic E-state index is -0.276. The number of nitrogens with two attached hydrogens (primary N) is 1. The molecule has 1 aromatic carbocycles. The first-order valence-electron chi connectivity index (χ1n) is 4.41. The molecule has 4 heteroatoms. The third-order valence-corrected chi connectivity index (χ3v) is 2.41. The summed E-state index contributed by atoms with van der Waals surface area (Å²) >= 11 is 5.77. The van der Waals surface area contributed by atoms with Crippen molar-refractivity contribution >= 4 is 17.3 Å². The summed E-state index contributed by atoms with van der Waals surface area (Å²) in [6.45, 7) is 0. The Morgan fingerprint density at radius 3 is 2.47 bits per heavy atom. The molecule has 2 rings (SSSR count). The second kappa shape index (κ2) is 3.79. The Kier molecular flexibility index (Phi) is 2.47. The van der Waals surface area contributed by atoms with Crippen LogP contribution in [0, 0.1) is 0 Å². The van der Waals surface area contributed by atoms with Crippen molar-refractivity contribution in [3.63, 3.8) is 0 Å². The molecule has 0 atom stereocenters. The molecule has 0 fully saturated rings. The van der Waals surface area contributed by atoms with Gasteiger partial charge < -0.3 is 10.7 Å². The summed E-state index contributed by atoms with van der Waals surface area (Å²) < 4.78 is 0. The molecule has 0 saturated carbocycles. The van der Waals surface area contributed by atoms with Gasteiger partial charge in [-0.05, 0) is 23.8 Å². The maximum Gasteiger partial charge on any atom is 0.271 e. The van der Waals surface area contributed by atoms with Gasteiger partial charge in [0.1, 0.15) is 5.69 Å². The first kappa shape index (κ1) is 9.80. The summed E-state index contributed by atoms with van der Waals surface area (Å²) in [4.78, 5) is 13.8. The molecule has 0 saturated heterocycles. The monoisotopic (exact) mass is 220 g/mol. The highest BCUT2D eigenvalue weighted by Crippen LogP contribution is 2.23. The van der Waals surface area contributed by atoms with E-state index in [4.69, 9.17) is 17.3 Å². The lowest BCUT2D eigenvalue weighted by molar-refractivity contribution is 1.25. The van der Waals surface area contributed by atoms with E-state index in [1.54, 1.807) is 24.4 Å². The van der Waals surface area contributed by atoms with Gasteiger partial charge in [0, 0.05) is 16.8 Å². The maximum absolute atomic E-state index is 11.3. The Labute approximate surface area is 91.5 Å². The average molecular weight is 221 g/mol. The van der Waals surface area contributed by atoms with Crippen molar-refractivity contribution in [2.24, 2.45) is 0 Å². The Morgan fingerprint density at radius 1 is 1.13 bits per heavy atom. The van der Waals surface area contributed by atoms with E-state index in [0.717, 1.165) is 11.1 Å². The highest BCUT2D eigenvalue weighted by Gasteiger charge is 2.04. The highest BCUT2D eigenvalue weighted by molar-refractivity contribution is 6.30. The van der Waals surface area contributed by atoms with Gasteiger partial charge in [-0.15, -0.1) is 0 Å². The fourth-order valence-corrected chi connectivity index (χ4v) is 1.50. The summed E-state index contributed by atoms with van der Waals surface area (Å²) in [5.74, 6) is 0. The Morgan fingerprint density at radius 2 is 1.80 bits per heavy atom. The minimum absolute atomic E-state index is 0.222. The minimum Gasteiger partial charge on any atom is -0.394 e. The molecule has 0 aliphatic carbocycles. The molecule has 0 spiro atoms. The number of aromatic nitrogens is 1. The van der Waals surface area contributed by atoms with Crippen LogP contribution in [0.2, 0.25) is 5.02 Å². The van der Waals surface area contributed by atoms with Crippen molar-refractivity contribution in [3.8, 4) is 11.1 Å². The zero-order chi connectivity index (χ0) is 10.8. The molecule has 2 aromatic rings. The van der Waals surface area contributed by atoms with Crippen LogP contribution in [0.1, 0.15) is 0 Å². The fraction of sp³-hybridized carbons (Fsp3) is 0. The van der Waals surface area contributed by atoms with Crippen molar-refractivity contribution in [1.29, 1.82) is 0 Å². The van der Waals surface area contributed by atoms with Gasteiger partial charge in [0.05, 0.1) is 0 Å². The standard InChI is InChI=1S/C11H9ClN2O/c12-8-3-1-7(2-4-8)9-5-6-14-11(15)10(9)13/h1-6H,13H2,(H,14,15). The summed E-state index contributed by atoms with van der Waals surface area (Å²) in [6.07, 6.45) is 1.57. The summed E-state index contributed by atoms with van der Waals surface area (Å²) in [6, 6.07) is 8.94. The van der Waals surface area contributed by atoms with Crippen LogP contribution in [0.25, 0.3) is 11.1 Å². The molecule has 0 bridgehead atoms. The van der Waals surface area contributed by atoms with Crippen molar-refractivity contribution in [2.45, 2.75) is 0 Å². The van der Waals surface area contributed by atoms with Crippen LogP contribution in [0.3, 0.4) is 0 Å². The second-order valence-electron chi connectivity index (χ2n) is 3.14. The zero-order valence-electron chi connectivity index (χ0n) is 7.83. The SMILES string of the molecule is Nc1c(-c2ccc(Cl)cc2)cc[nH]c1=O. The van der Waals surface area contributed by atoms with Gasteiger partial charge in [-0.2, -0.15) is 0 Å². The molecule has 0 radical (unpaired) electrons. The quantitative estimate of drug-likeness (QED) is 0.775. The lowest BCUT2D eigenvalue weighted by Gasteiger charge is -2.04. The molecule has 15 heavy (non-hydrogen) atoms. The number of hydrogen-bond acceptors (Lipinski definition) is 2. The first-order chi connectivity index (χ1) is 7.18. The number of aromatic amines is 1. The molecule has 3 N–H and O–H groups in total. The third kappa shape index (κ3) is 1.87. The maximum atomic E-state index is 11.3. The van der Waals surface area contributed by atoms with Crippen LogP contribution in [0.5, 0.6) is 0 Å². The molecular formula is C11H9ClN2O. The topological polar surface area (TPSA) is 58.9 Å². The Balaban J connectivity index is 2.59. The van der Waals surface area contributed by atoms with Gasteiger partial charge in [-0.1, -0.05) is 23.7 Å². The largest absolute Gasteiger partial charge is 0.394 e. The number of nitrogens with one attached hydrogen (secondary N) is 1. The third-order valence-electron chi connectivity index (χ3n) is 2.15. The molecule has 1 aromatic heterocycles. The number of hydrogen-bond donors (Lipinski definition) is 2. The van der Waals surface area contributed by atoms with Crippen molar-refractivity contribution in [1.82, 2.24) is 4.98 Å². The predicted molar refractivity (Wildman–Crippen MR) is 61.9 cm³/mol. The number of halogens is 1. The summed E-state index contributed by atoms with van der Waals surface area (Å²) in [7, 11) is 0. The lowest BCUT2D eigenvalue weighted by atomic mass is 10.1. The van der Waals surface area contributed by atoms with E-state index < -0.39 is 0 Å². The summed E-state index contributed by atoms with van der Waals surface area (Å²) in [5, 5.41) is 0.655. The molecule has 0 aliphatic rings. The van der Waals surface area contributed by atoms with E-state index >= 15 is 0 Å². The predicted octanol–water partition coefficient (Wildman–Crippen LogP) is 2.28. The fourth-order valence-electron chi connectivity index (χ4n) is 1.37. The van der Waals surface area contributed by atoms with Gasteiger partial charge in [-0.25, -0.2) is 0 Å². The molecule has 1 heterocycles. The molecule has 76 valence electrons. The molecule has 0 amide bonds. The van der Waals surface area contributed by atoms with Gasteiger partial charge >= 0.3 is 0 Å². The van der Waals surface area contributed by atoms with E-state index in [2.05, 4.69) is 4.98 Å². The van der Waals surface area contributed by atoms with Crippen molar-refractivity contribution in [3.05, 3.63) is 51.9 Å². The number of rotatable bonds is 1. The Bertz CT molecular complexity index is 531. The van der Waals surface area contributed by atoms with E-state index in [1.165, 1.54) is 0 Å². The smallest absolute Gasteiger partial charge is 0.271 e. The van der Waals surface area contributed by atoms with Gasteiger partial charge in [0.2, 0.25) is 0 Å². The van der Waals surface area contributed by atoms with E-state index in [9.17, 15) is 4.79 Å². The lowest BCUT2D eigenvalue weighted by Crippen LogP contribution is -2.11. The highest BCUT2D eigenvalue weighted by atomic mass is 35.5. The number of pyridine rings is 1. The van der Waals surface area contributed by atoms with Crippen molar-refractivity contribution in [2.75, 3.05) is 5.73 Å². The van der Waals surface area contributed by atoms with Crippen LogP contribution in [0.4, 0.5) is 5.69 Å². The second-order valence-corrected chi connectivity index (χ2v) is 3.58. The normalized spacial score (nSPS) is 10.2. The number of benzene rings is 1. The van der Waals surface area contributed by atoms with E-state index in [0.29, 0.717) is 5.02 Å². The molecule has 0 aliphatic heterocycles. The van der Waals surface area contributed by atoms with Gasteiger partial charge in [0.25, 0.3) is 5.56 Å².